The fraction of sp³-hybridized carbons (Fsp3) is 0.581. The van der Waals surface area contributed by atoms with Gasteiger partial charge < -0.3 is 26.4 Å². The molecule has 2 aliphatic rings. The molecule has 2 heterocycles. The molecule has 0 radical (unpaired) electrons. The third-order valence-electron chi connectivity index (χ3n) is 8.78. The summed E-state index contributed by atoms with van der Waals surface area (Å²) in [5.74, 6) is -1.98. The Morgan fingerprint density at radius 2 is 1.43 bits per heavy atom. The number of piperidine rings is 2. The summed E-state index contributed by atoms with van der Waals surface area (Å²) in [6, 6.07) is 6.36. The number of hydrogen-bond donors (Lipinski definition) is 6. The molecule has 2 amide bonds. The molecule has 4 rings (SSSR count). The Morgan fingerprint density at radius 3 is 2.00 bits per heavy atom. The van der Waals surface area contributed by atoms with E-state index in [1.54, 1.807) is 12.1 Å². The number of aliphatic carboxylic acids is 1. The highest BCUT2D eigenvalue weighted by atomic mass is 32.2. The molecule has 2 aromatic carbocycles. The van der Waals surface area contributed by atoms with E-state index in [1.165, 1.54) is 12.1 Å². The molecule has 2 fully saturated rings. The number of benzene rings is 2. The van der Waals surface area contributed by atoms with Crippen molar-refractivity contribution in [3.8, 4) is 0 Å². The van der Waals surface area contributed by atoms with Gasteiger partial charge in [-0.2, -0.15) is 4.72 Å². The minimum atomic E-state index is -4.39. The van der Waals surface area contributed by atoms with Crippen molar-refractivity contribution in [1.82, 2.24) is 26.0 Å². The zero-order valence-corrected chi connectivity index (χ0v) is 25.8. The molecule has 13 heteroatoms. The van der Waals surface area contributed by atoms with Gasteiger partial charge in [-0.15, -0.1) is 0 Å². The van der Waals surface area contributed by atoms with E-state index in [0.717, 1.165) is 89.7 Å². The van der Waals surface area contributed by atoms with Crippen molar-refractivity contribution in [1.29, 1.82) is 0 Å². The lowest BCUT2D eigenvalue weighted by Crippen LogP contribution is -2.50. The van der Waals surface area contributed by atoms with Gasteiger partial charge in [-0.25, -0.2) is 12.8 Å². The zero-order chi connectivity index (χ0) is 31.5. The van der Waals surface area contributed by atoms with E-state index in [2.05, 4.69) is 26.0 Å². The Hall–Kier alpha value is -3.13. The maximum atomic E-state index is 14.2. The summed E-state index contributed by atoms with van der Waals surface area (Å²) >= 11 is 0. The van der Waals surface area contributed by atoms with Crippen LogP contribution in [0.1, 0.15) is 51.4 Å². The standard InChI is InChI=1S/C31H44FN5O6S/c32-26-9-10-28(25-4-2-1-3-24(25)26)44(42,43)37-27(31(40)41)19-35-29(38)20-36-30(39)23(7-5-21-11-15-33-16-12-21)8-6-22-13-17-34-18-14-22/h1-4,9-10,21-23,27,33-34,37H,5-8,11-20H2,(H,35,38)(H,36,39)(H,40,41). The number of hydrogen-bond acceptors (Lipinski definition) is 7. The topological polar surface area (TPSA) is 166 Å². The molecular formula is C31H44FN5O6S. The van der Waals surface area contributed by atoms with Crippen LogP contribution < -0.4 is 26.0 Å². The van der Waals surface area contributed by atoms with Crippen molar-refractivity contribution < 1.29 is 32.3 Å². The van der Waals surface area contributed by atoms with Gasteiger partial charge in [0.2, 0.25) is 21.8 Å². The maximum absolute atomic E-state index is 14.2. The summed E-state index contributed by atoms with van der Waals surface area (Å²) in [6.07, 6.45) is 7.81. The number of carbonyl (C=O) groups is 3. The zero-order valence-electron chi connectivity index (χ0n) is 24.9. The first kappa shape index (κ1) is 33.8. The van der Waals surface area contributed by atoms with Gasteiger partial charge in [0.1, 0.15) is 11.9 Å². The summed E-state index contributed by atoms with van der Waals surface area (Å²) in [6.45, 7) is 3.07. The first-order valence-corrected chi connectivity index (χ1v) is 17.0. The molecular weight excluding hydrogens is 589 g/mol. The molecule has 2 saturated heterocycles. The molecule has 44 heavy (non-hydrogen) atoms. The van der Waals surface area contributed by atoms with Crippen LogP contribution in [0.4, 0.5) is 4.39 Å². The Kier molecular flexibility index (Phi) is 12.5. The summed E-state index contributed by atoms with van der Waals surface area (Å²) < 4.78 is 42.5. The Bertz CT molecular complexity index is 1370. The van der Waals surface area contributed by atoms with Crippen LogP contribution in [0.3, 0.4) is 0 Å². The van der Waals surface area contributed by atoms with Crippen LogP contribution in [0, 0.1) is 23.6 Å². The second-order valence-corrected chi connectivity index (χ2v) is 13.5. The molecule has 6 N–H and O–H groups in total. The number of carbonyl (C=O) groups excluding carboxylic acids is 2. The number of fused-ring (bicyclic) bond motifs is 1. The highest BCUT2D eigenvalue weighted by molar-refractivity contribution is 7.89. The van der Waals surface area contributed by atoms with E-state index in [0.29, 0.717) is 11.8 Å². The Labute approximate surface area is 258 Å². The second kappa shape index (κ2) is 16.3. The molecule has 0 aromatic heterocycles. The number of carboxylic acid groups (broad SMARTS) is 1. The van der Waals surface area contributed by atoms with Crippen LogP contribution in [0.15, 0.2) is 41.3 Å². The molecule has 0 saturated carbocycles. The molecule has 0 bridgehead atoms. The number of halogens is 1. The predicted octanol–water partition coefficient (Wildman–Crippen LogP) is 2.12. The van der Waals surface area contributed by atoms with Gasteiger partial charge >= 0.3 is 5.97 Å². The lowest BCUT2D eigenvalue weighted by molar-refractivity contribution is -0.139. The van der Waals surface area contributed by atoms with Gasteiger partial charge in [-0.05, 0) is 102 Å². The smallest absolute Gasteiger partial charge is 0.323 e. The quantitative estimate of drug-likeness (QED) is 0.174. The van der Waals surface area contributed by atoms with E-state index < -0.39 is 40.3 Å². The first-order chi connectivity index (χ1) is 21.1. The summed E-state index contributed by atoms with van der Waals surface area (Å²) in [5.41, 5.74) is 0. The van der Waals surface area contributed by atoms with E-state index in [1.807, 2.05) is 0 Å². The SMILES string of the molecule is O=C(CNC(=O)C(CCC1CCNCC1)CCC1CCNCC1)NCC(NS(=O)(=O)c1ccc(F)c2ccccc12)C(=O)O. The number of carboxylic acids is 1. The molecule has 0 aliphatic carbocycles. The van der Waals surface area contributed by atoms with Crippen molar-refractivity contribution in [3.05, 3.63) is 42.2 Å². The van der Waals surface area contributed by atoms with Gasteiger partial charge in [0.05, 0.1) is 11.4 Å². The number of amides is 2. The van der Waals surface area contributed by atoms with Crippen molar-refractivity contribution in [2.24, 2.45) is 17.8 Å². The first-order valence-electron chi connectivity index (χ1n) is 15.5. The van der Waals surface area contributed by atoms with Crippen molar-refractivity contribution >= 4 is 38.6 Å². The average molecular weight is 634 g/mol. The fourth-order valence-corrected chi connectivity index (χ4v) is 7.51. The van der Waals surface area contributed by atoms with Gasteiger partial charge in [-0.1, -0.05) is 24.3 Å². The van der Waals surface area contributed by atoms with E-state index >= 15 is 0 Å². The number of nitrogens with one attached hydrogen (secondary N) is 5. The Morgan fingerprint density at radius 1 is 0.864 bits per heavy atom. The van der Waals surface area contributed by atoms with Crippen molar-refractivity contribution in [3.63, 3.8) is 0 Å². The van der Waals surface area contributed by atoms with Crippen LogP contribution >= 0.6 is 0 Å². The van der Waals surface area contributed by atoms with Crippen LogP contribution in [-0.4, -0.2) is 76.6 Å². The second-order valence-electron chi connectivity index (χ2n) is 11.9. The van der Waals surface area contributed by atoms with E-state index in [-0.39, 0.29) is 34.0 Å². The molecule has 0 spiro atoms. The number of rotatable bonds is 15. The lowest BCUT2D eigenvalue weighted by atomic mass is 9.84. The van der Waals surface area contributed by atoms with Crippen LogP contribution in [-0.2, 0) is 24.4 Å². The third kappa shape index (κ3) is 9.68. The molecule has 2 aliphatic heterocycles. The molecule has 11 nitrogen and oxygen atoms in total. The van der Waals surface area contributed by atoms with Gasteiger partial charge in [-0.3, -0.25) is 14.4 Å². The summed E-state index contributed by atoms with van der Waals surface area (Å²) in [5, 5.41) is 21.7. The predicted molar refractivity (Wildman–Crippen MR) is 165 cm³/mol. The van der Waals surface area contributed by atoms with E-state index in [9.17, 15) is 32.3 Å². The van der Waals surface area contributed by atoms with Crippen molar-refractivity contribution in [2.75, 3.05) is 39.3 Å². The van der Waals surface area contributed by atoms with Crippen molar-refractivity contribution in [2.45, 2.75) is 62.3 Å². The van der Waals surface area contributed by atoms with Gasteiger partial charge in [0.25, 0.3) is 0 Å². The summed E-state index contributed by atoms with van der Waals surface area (Å²) in [7, 11) is -4.39. The van der Waals surface area contributed by atoms with Crippen LogP contribution in [0.25, 0.3) is 10.8 Å². The third-order valence-corrected chi connectivity index (χ3v) is 10.3. The monoisotopic (exact) mass is 633 g/mol. The highest BCUT2D eigenvalue weighted by Crippen LogP contribution is 2.27. The van der Waals surface area contributed by atoms with Gasteiger partial charge in [0.15, 0.2) is 0 Å². The number of sulfonamides is 1. The molecule has 242 valence electrons. The van der Waals surface area contributed by atoms with Crippen LogP contribution in [0.5, 0.6) is 0 Å². The van der Waals surface area contributed by atoms with Crippen LogP contribution in [0.2, 0.25) is 0 Å². The maximum Gasteiger partial charge on any atom is 0.323 e. The normalized spacial score (nSPS) is 17.4. The fourth-order valence-electron chi connectivity index (χ4n) is 6.11. The highest BCUT2D eigenvalue weighted by Gasteiger charge is 2.28. The van der Waals surface area contributed by atoms with E-state index in [4.69, 9.17) is 0 Å². The minimum Gasteiger partial charge on any atom is -0.480 e. The molecule has 1 unspecified atom stereocenters. The average Bonchev–Trinajstić information content (AvgIpc) is 3.03. The Balaban J connectivity index is 1.30. The molecule has 1 atom stereocenters. The molecule has 2 aromatic rings. The largest absolute Gasteiger partial charge is 0.480 e. The lowest BCUT2D eigenvalue weighted by Gasteiger charge is -2.27. The van der Waals surface area contributed by atoms with Gasteiger partial charge in [0, 0.05) is 23.2 Å². The summed E-state index contributed by atoms with van der Waals surface area (Å²) in [4.78, 5) is 37.4. The minimum absolute atomic E-state index is 0.0797.